The summed E-state index contributed by atoms with van der Waals surface area (Å²) in [6.45, 7) is 9.02. The van der Waals surface area contributed by atoms with E-state index in [-0.39, 0.29) is 18.0 Å². The number of esters is 2. The van der Waals surface area contributed by atoms with Crippen molar-refractivity contribution in [2.75, 3.05) is 0 Å². The molecule has 2 aliphatic heterocycles. The fraction of sp³-hybridized carbons (Fsp3) is 0.615. The number of thiocarbonyl (C=S) groups is 1. The van der Waals surface area contributed by atoms with Crippen molar-refractivity contribution in [1.82, 2.24) is 10.9 Å². The van der Waals surface area contributed by atoms with Gasteiger partial charge in [-0.2, -0.15) is 0 Å². The predicted molar refractivity (Wildman–Crippen MR) is 78.5 cm³/mol. The Kier molecular flexibility index (Phi) is 3.40. The number of carbonyl (C=O) groups excluding carboxylic acids is 2. The summed E-state index contributed by atoms with van der Waals surface area (Å²) in [7, 11) is 0. The minimum Gasteiger partial charge on any atom is -0.459 e. The number of carbonyl (C=O) groups is 2. The molecule has 0 bridgehead atoms. The lowest BCUT2D eigenvalue weighted by atomic mass is 9.75. The van der Waals surface area contributed by atoms with Gasteiger partial charge in [-0.15, -0.1) is 0 Å². The van der Waals surface area contributed by atoms with E-state index in [9.17, 15) is 9.59 Å². The van der Waals surface area contributed by atoms with Crippen LogP contribution in [0.2, 0.25) is 0 Å². The number of rotatable bonds is 3. The number of ether oxygens (including phenoxy) is 2. The molecule has 116 valence electrons. The maximum atomic E-state index is 12.3. The largest absolute Gasteiger partial charge is 0.459 e. The Bertz CT molecular complexity index is 548. The van der Waals surface area contributed by atoms with Crippen molar-refractivity contribution >= 4 is 29.3 Å². The van der Waals surface area contributed by atoms with Crippen molar-refractivity contribution < 1.29 is 19.1 Å². The molecule has 0 aromatic carbocycles. The Morgan fingerprint density at radius 3 is 2.24 bits per heavy atom. The molecule has 0 radical (unpaired) electrons. The maximum absolute atomic E-state index is 12.3. The van der Waals surface area contributed by atoms with Crippen LogP contribution in [0.4, 0.5) is 0 Å². The summed E-state index contributed by atoms with van der Waals surface area (Å²) in [6.07, 6.45) is 0.440. The predicted octanol–water partition coefficient (Wildman–Crippen LogP) is 0.255. The minimum atomic E-state index is -1.27. The number of nitrogens with two attached hydrogens (primary N) is 1. The average Bonchev–Trinajstić information content (AvgIpc) is 2.71. The fourth-order valence-corrected chi connectivity index (χ4v) is 2.95. The van der Waals surface area contributed by atoms with Crippen molar-refractivity contribution in [2.45, 2.75) is 44.8 Å². The second-order valence-electron chi connectivity index (χ2n) is 6.30. The second kappa shape index (κ2) is 4.59. The molecule has 0 amide bonds. The first-order valence-corrected chi connectivity index (χ1v) is 6.89. The van der Waals surface area contributed by atoms with Crippen molar-refractivity contribution in [3.8, 4) is 0 Å². The van der Waals surface area contributed by atoms with Gasteiger partial charge in [0.15, 0.2) is 16.1 Å². The van der Waals surface area contributed by atoms with Crippen LogP contribution in [0.5, 0.6) is 0 Å². The highest BCUT2D eigenvalue weighted by molar-refractivity contribution is 7.80. The Morgan fingerprint density at radius 1 is 1.19 bits per heavy atom. The topological polar surface area (TPSA) is 103 Å². The summed E-state index contributed by atoms with van der Waals surface area (Å²) < 4.78 is 10.7. The smallest absolute Gasteiger partial charge is 0.324 e. The monoisotopic (exact) mass is 313 g/mol. The van der Waals surface area contributed by atoms with E-state index in [1.165, 1.54) is 0 Å². The van der Waals surface area contributed by atoms with E-state index in [0.717, 1.165) is 0 Å². The van der Waals surface area contributed by atoms with Gasteiger partial charge in [0.1, 0.15) is 5.60 Å². The summed E-state index contributed by atoms with van der Waals surface area (Å²) in [6, 6.07) is 0. The Morgan fingerprint density at radius 2 is 1.76 bits per heavy atom. The van der Waals surface area contributed by atoms with Gasteiger partial charge in [0, 0.05) is 12.8 Å². The molecule has 21 heavy (non-hydrogen) atoms. The number of hydrogen-bond donors (Lipinski definition) is 3. The maximum Gasteiger partial charge on any atom is 0.324 e. The number of cyclic esters (lactones) is 2. The van der Waals surface area contributed by atoms with Crippen LogP contribution in [0.15, 0.2) is 12.3 Å². The van der Waals surface area contributed by atoms with Gasteiger partial charge in [-0.1, -0.05) is 6.58 Å². The van der Waals surface area contributed by atoms with Gasteiger partial charge in [0.25, 0.3) is 0 Å². The fourth-order valence-electron chi connectivity index (χ4n) is 2.90. The molecule has 0 saturated carbocycles. The lowest BCUT2D eigenvalue weighted by Crippen LogP contribution is -2.46. The average molecular weight is 313 g/mol. The van der Waals surface area contributed by atoms with Gasteiger partial charge in [-0.3, -0.25) is 20.4 Å². The normalized spacial score (nSPS) is 33.5. The minimum absolute atomic E-state index is 0.0280. The molecule has 2 heterocycles. The highest BCUT2D eigenvalue weighted by Gasteiger charge is 2.67. The first-order valence-electron chi connectivity index (χ1n) is 6.49. The molecule has 0 aliphatic carbocycles. The molecule has 1 spiro atoms. The third kappa shape index (κ3) is 2.55. The zero-order valence-electron chi connectivity index (χ0n) is 12.2. The van der Waals surface area contributed by atoms with Gasteiger partial charge in [-0.05, 0) is 33.0 Å². The zero-order chi connectivity index (χ0) is 16.1. The van der Waals surface area contributed by atoms with Crippen molar-refractivity contribution in [2.24, 2.45) is 11.1 Å². The van der Waals surface area contributed by atoms with Crippen LogP contribution in [0.1, 0.15) is 33.6 Å². The summed E-state index contributed by atoms with van der Waals surface area (Å²) >= 11 is 4.68. The van der Waals surface area contributed by atoms with Crippen LogP contribution >= 0.6 is 12.2 Å². The number of hydrazine groups is 1. The third-order valence-electron chi connectivity index (χ3n) is 3.81. The summed E-state index contributed by atoms with van der Waals surface area (Å²) in [4.78, 5) is 24.5. The third-order valence-corrected chi connectivity index (χ3v) is 3.91. The Labute approximate surface area is 128 Å². The van der Waals surface area contributed by atoms with Crippen molar-refractivity contribution in [3.05, 3.63) is 12.3 Å². The van der Waals surface area contributed by atoms with Crippen LogP contribution < -0.4 is 16.6 Å². The van der Waals surface area contributed by atoms with Gasteiger partial charge in [0.2, 0.25) is 0 Å². The van der Waals surface area contributed by atoms with Gasteiger partial charge >= 0.3 is 11.9 Å². The summed E-state index contributed by atoms with van der Waals surface area (Å²) in [5, 5.41) is 0.0280. The standard InChI is InChI=1S/C13H19N3O4S/c1-7(15-16-10(14)21)12(4)6-13(9(18)20-12)5-11(2,3)19-8(13)17/h15H,1,5-6H2,2-4H3,(H3,14,16,21). The molecule has 2 unspecified atom stereocenters. The quantitative estimate of drug-likeness (QED) is 0.295. The van der Waals surface area contributed by atoms with Crippen LogP contribution in [0.3, 0.4) is 0 Å². The first kappa shape index (κ1) is 15.6. The summed E-state index contributed by atoms with van der Waals surface area (Å²) in [5.41, 5.74) is 7.88. The molecule has 2 fully saturated rings. The zero-order valence-corrected chi connectivity index (χ0v) is 13.1. The SMILES string of the molecule is C=C(NNC(N)=S)C1(C)CC2(CC(C)(C)OC2=O)C(=O)O1. The van der Waals surface area contributed by atoms with Gasteiger partial charge in [0.05, 0.1) is 5.70 Å². The molecule has 2 rings (SSSR count). The van der Waals surface area contributed by atoms with E-state index in [1.807, 2.05) is 0 Å². The lowest BCUT2D eigenvalue weighted by molar-refractivity contribution is -0.160. The van der Waals surface area contributed by atoms with Crippen LogP contribution in [-0.4, -0.2) is 28.3 Å². The molecule has 4 N–H and O–H groups in total. The Hall–Kier alpha value is -1.83. The Balaban J connectivity index is 2.21. The second-order valence-corrected chi connectivity index (χ2v) is 6.74. The lowest BCUT2D eigenvalue weighted by Gasteiger charge is -2.26. The first-order chi connectivity index (χ1) is 9.51. The number of nitrogens with one attached hydrogen (secondary N) is 2. The van der Waals surface area contributed by atoms with E-state index in [4.69, 9.17) is 15.2 Å². The molecule has 2 atom stereocenters. The van der Waals surface area contributed by atoms with Crippen LogP contribution in [0.25, 0.3) is 0 Å². The molecule has 0 aromatic heterocycles. The molecule has 0 aromatic rings. The van der Waals surface area contributed by atoms with Gasteiger partial charge < -0.3 is 15.2 Å². The van der Waals surface area contributed by atoms with E-state index in [0.29, 0.717) is 5.70 Å². The summed E-state index contributed by atoms with van der Waals surface area (Å²) in [5.74, 6) is -1.13. The highest BCUT2D eigenvalue weighted by atomic mass is 32.1. The molecule has 2 aliphatic rings. The molecular weight excluding hydrogens is 294 g/mol. The highest BCUT2D eigenvalue weighted by Crippen LogP contribution is 2.52. The molecule has 7 nitrogen and oxygen atoms in total. The van der Waals surface area contributed by atoms with Crippen LogP contribution in [0, 0.1) is 5.41 Å². The van der Waals surface area contributed by atoms with Gasteiger partial charge in [-0.25, -0.2) is 0 Å². The van der Waals surface area contributed by atoms with Crippen LogP contribution in [-0.2, 0) is 19.1 Å². The van der Waals surface area contributed by atoms with E-state index in [1.54, 1.807) is 20.8 Å². The molecule has 2 saturated heterocycles. The van der Waals surface area contributed by atoms with E-state index >= 15 is 0 Å². The molecular formula is C13H19N3O4S. The van der Waals surface area contributed by atoms with Crippen molar-refractivity contribution in [1.29, 1.82) is 0 Å². The molecule has 8 heteroatoms. The van der Waals surface area contributed by atoms with E-state index in [2.05, 4.69) is 29.6 Å². The van der Waals surface area contributed by atoms with Crippen molar-refractivity contribution in [3.63, 3.8) is 0 Å². The van der Waals surface area contributed by atoms with E-state index < -0.39 is 28.6 Å². The number of hydrogen-bond acceptors (Lipinski definition) is 6.